The Morgan fingerprint density at radius 2 is 1.42 bits per heavy atom. The smallest absolute Gasteiger partial charge is 0.493 e. The molecular weight excluding hydrogens is 907 g/mol. The lowest BCUT2D eigenvalue weighted by molar-refractivity contribution is -0.497. The van der Waals surface area contributed by atoms with E-state index < -0.39 is 70.4 Å². The maximum Gasteiger partial charge on any atom is 0.510 e. The van der Waals surface area contributed by atoms with E-state index in [0.29, 0.717) is 9.87 Å². The summed E-state index contributed by atoms with van der Waals surface area (Å²) < 4.78 is 68.4. The minimum atomic E-state index is -4.84. The first-order valence-electron chi connectivity index (χ1n) is 19.8. The molecule has 0 aliphatic carbocycles. The second kappa shape index (κ2) is 25.8. The third kappa shape index (κ3) is 16.9. The van der Waals surface area contributed by atoms with Gasteiger partial charge >= 0.3 is 12.1 Å². The molecule has 0 saturated carbocycles. The van der Waals surface area contributed by atoms with Crippen molar-refractivity contribution in [3.05, 3.63) is 132 Å². The van der Waals surface area contributed by atoms with Crippen molar-refractivity contribution in [2.75, 3.05) is 53.5 Å². The van der Waals surface area contributed by atoms with Crippen LogP contribution in [0.5, 0.6) is 11.5 Å². The number of ether oxygens (including phenoxy) is 7. The fourth-order valence-corrected chi connectivity index (χ4v) is 6.59. The number of amidine groups is 1. The van der Waals surface area contributed by atoms with E-state index in [9.17, 15) is 23.4 Å². The third-order valence-electron chi connectivity index (χ3n) is 8.61. The van der Waals surface area contributed by atoms with Crippen molar-refractivity contribution in [1.29, 1.82) is 5.41 Å². The van der Waals surface area contributed by atoms with Crippen LogP contribution in [0.1, 0.15) is 48.1 Å². The number of benzene rings is 3. The highest BCUT2D eigenvalue weighted by atomic mass is 32.2. The average molecular weight is 958 g/mol. The second-order valence-electron chi connectivity index (χ2n) is 14.3. The lowest BCUT2D eigenvalue weighted by Gasteiger charge is -2.27. The zero-order valence-corrected chi connectivity index (χ0v) is 37.6. The van der Waals surface area contributed by atoms with Crippen LogP contribution >= 0.6 is 0 Å². The Morgan fingerprint density at radius 1 is 0.776 bits per heavy atom. The number of aromatic nitrogens is 2. The van der Waals surface area contributed by atoms with E-state index in [1.54, 1.807) is 36.4 Å². The summed E-state index contributed by atoms with van der Waals surface area (Å²) in [6, 6.07) is 19.5. The molecule has 6 N–H and O–H groups in total. The van der Waals surface area contributed by atoms with Crippen molar-refractivity contribution in [1.82, 2.24) is 30.4 Å². The average Bonchev–Trinajstić information content (AvgIpc) is 3.30. The molecule has 3 aromatic carbocycles. The Bertz CT molecular complexity index is 2400. The fraction of sp³-hybridized carbons (Fsp3) is 0.310. The molecule has 4 aromatic rings. The number of sulfonamides is 1. The second-order valence-corrected chi connectivity index (χ2v) is 16.2. The Labute approximate surface area is 384 Å². The zero-order valence-electron chi connectivity index (χ0n) is 36.8. The van der Waals surface area contributed by atoms with Crippen LogP contribution in [-0.4, -0.2) is 126 Å². The maximum absolute atomic E-state index is 14.7. The number of rotatable bonds is 26. The van der Waals surface area contributed by atoms with Crippen LogP contribution in [-0.2, 0) is 55.4 Å². The largest absolute Gasteiger partial charge is 0.510 e. The fourth-order valence-electron chi connectivity index (χ4n) is 5.34. The molecule has 0 aliphatic heterocycles. The van der Waals surface area contributed by atoms with Crippen molar-refractivity contribution in [3.8, 4) is 11.5 Å². The van der Waals surface area contributed by atoms with Gasteiger partial charge in [-0.2, -0.15) is 0 Å². The maximum atomic E-state index is 14.7. The summed E-state index contributed by atoms with van der Waals surface area (Å²) in [7, 11) is -3.49. The third-order valence-corrected chi connectivity index (χ3v) is 10.4. The number of esters is 1. The lowest BCUT2D eigenvalue weighted by Crippen LogP contribution is -2.42. The van der Waals surface area contributed by atoms with Gasteiger partial charge in [-0.05, 0) is 59.0 Å². The summed E-state index contributed by atoms with van der Waals surface area (Å²) in [6.07, 6.45) is 1.49. The van der Waals surface area contributed by atoms with Crippen molar-refractivity contribution in [3.63, 3.8) is 0 Å². The molecule has 0 radical (unpaired) electrons. The van der Waals surface area contributed by atoms with Crippen LogP contribution in [0.4, 0.5) is 4.79 Å². The summed E-state index contributed by atoms with van der Waals surface area (Å²) in [5, 5.41) is 46.5. The summed E-state index contributed by atoms with van der Waals surface area (Å²) in [5.74, 6) is -2.80. The number of carbonyl (C=O) groups is 2. The minimum absolute atomic E-state index is 0.0317. The standard InChI is InChI=1S/C42H51N7O17S/c1-29(38-44-18-9-19-45-38)46-39(60-23-24-61-40(50)31-11-8-10-30(26-31)27-65-49(54)55)36(66-35-13-7-6-12-34(35)58-5)37(43)47(28-63-41(51)62-22-20-59-21-25-64-48(52)53)67(56,57)33-16-14-32(15-17-33)42(2,3)4/h6-19,26,43,46,52-55H,1,20-25,27-28H2,2-5H3. The number of methoxy groups -OCH3 is 1. The topological polar surface area (TPSA) is 304 Å². The van der Waals surface area contributed by atoms with Gasteiger partial charge in [-0.15, -0.1) is 0 Å². The summed E-state index contributed by atoms with van der Waals surface area (Å²) >= 11 is 0. The Morgan fingerprint density at radius 3 is 2.07 bits per heavy atom. The number of hydrogen-bond acceptors (Lipinski definition) is 23. The van der Waals surface area contributed by atoms with Crippen LogP contribution in [0.25, 0.3) is 5.70 Å². The Balaban J connectivity index is 1.75. The number of nitrogens with zero attached hydrogens (tertiary/aromatic N) is 5. The van der Waals surface area contributed by atoms with Crippen molar-refractivity contribution < 1.29 is 81.7 Å². The molecule has 25 heteroatoms. The van der Waals surface area contributed by atoms with E-state index in [1.807, 2.05) is 20.8 Å². The summed E-state index contributed by atoms with van der Waals surface area (Å²) in [5.41, 5.74) is 0.854. The van der Waals surface area contributed by atoms with Gasteiger partial charge in [-0.25, -0.2) is 42.0 Å². The molecule has 67 heavy (non-hydrogen) atoms. The molecular formula is C42H51N7O17S. The number of carbonyl (C=O) groups excluding carboxylic acids is 2. The van der Waals surface area contributed by atoms with Crippen LogP contribution in [0.15, 0.2) is 114 Å². The number of para-hydroxylation sites is 2. The van der Waals surface area contributed by atoms with E-state index in [2.05, 4.69) is 31.5 Å². The van der Waals surface area contributed by atoms with Gasteiger partial charge in [-0.1, -0.05) is 63.7 Å². The van der Waals surface area contributed by atoms with Crippen LogP contribution < -0.4 is 14.8 Å². The first kappa shape index (κ1) is 52.8. The minimum Gasteiger partial charge on any atom is -0.493 e. The quantitative estimate of drug-likeness (QED) is 0.00938. The number of hydrogen-bond donors (Lipinski definition) is 6. The monoisotopic (exact) mass is 957 g/mol. The Kier molecular flexibility index (Phi) is 20.3. The first-order chi connectivity index (χ1) is 31.9. The molecule has 362 valence electrons. The molecule has 0 aliphatic rings. The van der Waals surface area contributed by atoms with Crippen molar-refractivity contribution >= 4 is 33.7 Å². The molecule has 1 aromatic heterocycles. The van der Waals surface area contributed by atoms with E-state index in [0.717, 1.165) is 5.56 Å². The van der Waals surface area contributed by atoms with E-state index in [-0.39, 0.29) is 71.9 Å². The van der Waals surface area contributed by atoms with Crippen LogP contribution in [0.2, 0.25) is 0 Å². The SMILES string of the molecule is C=C(NC(OCCOC(=O)c1cccc(CON(O)O)c1)=C(Oc1ccccc1OC)C(=N)N(COC(=O)OCCOCCON(O)O)S(=O)(=O)c1ccc(C(C)(C)C)cc1)c1ncccn1. The molecule has 0 atom stereocenters. The summed E-state index contributed by atoms with van der Waals surface area (Å²) in [4.78, 5) is 43.0. The molecule has 0 fully saturated rings. The predicted molar refractivity (Wildman–Crippen MR) is 229 cm³/mol. The zero-order chi connectivity index (χ0) is 49.0. The van der Waals surface area contributed by atoms with E-state index >= 15 is 0 Å². The Hall–Kier alpha value is -6.78. The van der Waals surface area contributed by atoms with Gasteiger partial charge in [0.25, 0.3) is 10.0 Å². The number of nitrogens with one attached hydrogen (secondary N) is 2. The molecule has 0 saturated heterocycles. The van der Waals surface area contributed by atoms with Gasteiger partial charge in [0.05, 0.1) is 60.5 Å². The summed E-state index contributed by atoms with van der Waals surface area (Å²) in [6.45, 7) is 6.46. The van der Waals surface area contributed by atoms with Crippen LogP contribution in [0.3, 0.4) is 0 Å². The highest BCUT2D eigenvalue weighted by molar-refractivity contribution is 7.89. The van der Waals surface area contributed by atoms with Gasteiger partial charge in [-0.3, -0.25) is 26.2 Å². The van der Waals surface area contributed by atoms with Crippen LogP contribution in [0, 0.1) is 5.41 Å². The molecule has 0 unspecified atom stereocenters. The predicted octanol–water partition coefficient (Wildman–Crippen LogP) is 4.78. The molecule has 0 spiro atoms. The highest BCUT2D eigenvalue weighted by Gasteiger charge is 2.35. The lowest BCUT2D eigenvalue weighted by atomic mass is 9.87. The van der Waals surface area contributed by atoms with Gasteiger partial charge in [0.1, 0.15) is 19.8 Å². The van der Waals surface area contributed by atoms with Gasteiger partial charge in [0, 0.05) is 12.4 Å². The normalized spacial score (nSPS) is 11.9. The van der Waals surface area contributed by atoms with Crippen molar-refractivity contribution in [2.45, 2.75) is 37.7 Å². The van der Waals surface area contributed by atoms with Gasteiger partial charge in [0.2, 0.25) is 11.6 Å². The van der Waals surface area contributed by atoms with Gasteiger partial charge < -0.3 is 38.5 Å². The molecule has 1 heterocycles. The molecule has 24 nitrogen and oxygen atoms in total. The molecule has 0 amide bonds. The highest BCUT2D eigenvalue weighted by Crippen LogP contribution is 2.31. The first-order valence-corrected chi connectivity index (χ1v) is 21.2. The van der Waals surface area contributed by atoms with E-state index in [4.69, 9.17) is 54.0 Å². The molecule has 0 bridgehead atoms. The van der Waals surface area contributed by atoms with Crippen molar-refractivity contribution in [2.24, 2.45) is 0 Å². The van der Waals surface area contributed by atoms with Gasteiger partial charge in [0.15, 0.2) is 29.9 Å². The molecule has 4 rings (SSSR count). The van der Waals surface area contributed by atoms with E-state index in [1.165, 1.54) is 62.0 Å².